The molecule has 0 aromatic rings. The maximum atomic E-state index is 11.5. The van der Waals surface area contributed by atoms with Crippen LogP contribution in [0, 0.1) is 22.0 Å². The Morgan fingerprint density at radius 3 is 2.50 bits per heavy atom. The summed E-state index contributed by atoms with van der Waals surface area (Å²) in [5, 5.41) is 10.8. The van der Waals surface area contributed by atoms with Crippen LogP contribution in [-0.4, -0.2) is 30.0 Å². The Bertz CT molecular complexity index is 295. The Hall–Kier alpha value is -1.66. The maximum absolute atomic E-state index is 11.5. The van der Waals surface area contributed by atoms with Gasteiger partial charge in [-0.1, -0.05) is 0 Å². The second-order valence-electron chi connectivity index (χ2n) is 3.84. The third kappa shape index (κ3) is 2.29. The van der Waals surface area contributed by atoms with Crippen molar-refractivity contribution in [1.82, 2.24) is 0 Å². The summed E-state index contributed by atoms with van der Waals surface area (Å²) in [6.07, 6.45) is 1.20. The first kappa shape index (κ1) is 12.4. The Labute approximate surface area is 92.1 Å². The highest BCUT2D eigenvalue weighted by atomic mass is 16.6. The van der Waals surface area contributed by atoms with E-state index in [-0.39, 0.29) is 6.42 Å². The highest BCUT2D eigenvalue weighted by Crippen LogP contribution is 2.32. The summed E-state index contributed by atoms with van der Waals surface area (Å²) in [7, 11) is 1.14. The summed E-state index contributed by atoms with van der Waals surface area (Å²) in [6, 6.07) is -1.07. The molecule has 0 aromatic heterocycles. The normalized spacial score (nSPS) is 29.4. The van der Waals surface area contributed by atoms with Crippen molar-refractivity contribution in [3.63, 3.8) is 0 Å². The monoisotopic (exact) mass is 230 g/mol. The van der Waals surface area contributed by atoms with Crippen LogP contribution in [0.1, 0.15) is 19.3 Å². The first-order valence-electron chi connectivity index (χ1n) is 4.99. The molecule has 90 valence electrons. The molecule has 0 aliphatic heterocycles. The van der Waals surface area contributed by atoms with Gasteiger partial charge < -0.3 is 10.5 Å². The van der Waals surface area contributed by atoms with Crippen molar-refractivity contribution >= 4 is 11.9 Å². The number of carbonyl (C=O) groups is 2. The molecule has 3 unspecified atom stereocenters. The number of nitro groups is 1. The SMILES string of the molecule is COC(=O)C1C(C(N)=O)CCCC1[N+](=O)[O-]. The molecular formula is C9H14N2O5. The van der Waals surface area contributed by atoms with Gasteiger partial charge in [0.1, 0.15) is 5.92 Å². The first-order valence-corrected chi connectivity index (χ1v) is 4.99. The second kappa shape index (κ2) is 4.91. The Morgan fingerprint density at radius 1 is 1.44 bits per heavy atom. The van der Waals surface area contributed by atoms with Gasteiger partial charge in [0.25, 0.3) is 0 Å². The highest BCUT2D eigenvalue weighted by Gasteiger charge is 2.48. The third-order valence-electron chi connectivity index (χ3n) is 2.97. The van der Waals surface area contributed by atoms with Gasteiger partial charge in [-0.2, -0.15) is 0 Å². The minimum Gasteiger partial charge on any atom is -0.469 e. The van der Waals surface area contributed by atoms with Crippen LogP contribution in [0.5, 0.6) is 0 Å². The van der Waals surface area contributed by atoms with E-state index < -0.39 is 34.7 Å². The molecule has 7 nitrogen and oxygen atoms in total. The second-order valence-corrected chi connectivity index (χ2v) is 3.84. The fourth-order valence-electron chi connectivity index (χ4n) is 2.19. The fourth-order valence-corrected chi connectivity index (χ4v) is 2.19. The molecule has 0 spiro atoms. The summed E-state index contributed by atoms with van der Waals surface area (Å²) in [6.45, 7) is 0. The van der Waals surface area contributed by atoms with Crippen LogP contribution in [0.2, 0.25) is 0 Å². The lowest BCUT2D eigenvalue weighted by molar-refractivity contribution is -0.534. The number of nitrogens with zero attached hydrogens (tertiary/aromatic N) is 1. The van der Waals surface area contributed by atoms with Gasteiger partial charge in [0, 0.05) is 11.3 Å². The topological polar surface area (TPSA) is 113 Å². The maximum Gasteiger partial charge on any atom is 0.316 e. The number of amides is 1. The zero-order valence-corrected chi connectivity index (χ0v) is 8.92. The number of hydrogen-bond acceptors (Lipinski definition) is 5. The quantitative estimate of drug-likeness (QED) is 0.406. The summed E-state index contributed by atoms with van der Waals surface area (Å²) in [5.74, 6) is -3.25. The molecule has 1 aliphatic rings. The molecule has 16 heavy (non-hydrogen) atoms. The largest absolute Gasteiger partial charge is 0.469 e. The smallest absolute Gasteiger partial charge is 0.316 e. The van der Waals surface area contributed by atoms with Crippen LogP contribution < -0.4 is 5.73 Å². The molecule has 0 aromatic carbocycles. The van der Waals surface area contributed by atoms with E-state index in [0.29, 0.717) is 12.8 Å². The zero-order chi connectivity index (χ0) is 12.3. The van der Waals surface area contributed by atoms with E-state index in [0.717, 1.165) is 7.11 Å². The molecule has 0 radical (unpaired) electrons. The van der Waals surface area contributed by atoms with Gasteiger partial charge in [0.2, 0.25) is 11.9 Å². The predicted octanol–water partition coefficient (Wildman–Crippen LogP) is -0.294. The lowest BCUT2D eigenvalue weighted by Crippen LogP contribution is -2.47. The molecule has 3 atom stereocenters. The van der Waals surface area contributed by atoms with Gasteiger partial charge in [-0.15, -0.1) is 0 Å². The highest BCUT2D eigenvalue weighted by molar-refractivity contribution is 5.84. The fraction of sp³-hybridized carbons (Fsp3) is 0.778. The van der Waals surface area contributed by atoms with Crippen LogP contribution in [-0.2, 0) is 14.3 Å². The van der Waals surface area contributed by atoms with Crippen molar-refractivity contribution < 1.29 is 19.2 Å². The van der Waals surface area contributed by atoms with E-state index in [9.17, 15) is 19.7 Å². The molecule has 1 fully saturated rings. The van der Waals surface area contributed by atoms with Gasteiger partial charge >= 0.3 is 5.97 Å². The molecule has 2 N–H and O–H groups in total. The molecule has 0 bridgehead atoms. The molecule has 0 heterocycles. The zero-order valence-electron chi connectivity index (χ0n) is 8.92. The lowest BCUT2D eigenvalue weighted by atomic mass is 9.75. The summed E-state index contributed by atoms with van der Waals surface area (Å²) in [4.78, 5) is 32.9. The number of carbonyl (C=O) groups excluding carboxylic acids is 2. The van der Waals surface area contributed by atoms with E-state index in [1.807, 2.05) is 0 Å². The van der Waals surface area contributed by atoms with Crippen LogP contribution in [0.15, 0.2) is 0 Å². The van der Waals surface area contributed by atoms with Gasteiger partial charge in [-0.05, 0) is 12.8 Å². The standard InChI is InChI=1S/C9H14N2O5/c1-16-9(13)7-5(8(10)12)3-2-4-6(7)11(14)15/h5-7H,2-4H2,1H3,(H2,10,12). The summed E-state index contributed by atoms with van der Waals surface area (Å²) in [5.41, 5.74) is 5.14. The molecule has 1 amide bonds. The Morgan fingerprint density at radius 2 is 2.06 bits per heavy atom. The van der Waals surface area contributed by atoms with E-state index in [1.165, 1.54) is 0 Å². The van der Waals surface area contributed by atoms with Crippen LogP contribution in [0.3, 0.4) is 0 Å². The Balaban J connectivity index is 2.98. The third-order valence-corrected chi connectivity index (χ3v) is 2.97. The van der Waals surface area contributed by atoms with Crippen molar-refractivity contribution in [1.29, 1.82) is 0 Å². The molecule has 7 heteroatoms. The number of esters is 1. The van der Waals surface area contributed by atoms with Crippen LogP contribution >= 0.6 is 0 Å². The number of methoxy groups -OCH3 is 1. The minimum absolute atomic E-state index is 0.274. The van der Waals surface area contributed by atoms with E-state index >= 15 is 0 Å². The van der Waals surface area contributed by atoms with Crippen molar-refractivity contribution in [2.24, 2.45) is 17.6 Å². The minimum atomic E-state index is -1.07. The van der Waals surface area contributed by atoms with E-state index in [2.05, 4.69) is 4.74 Å². The average Bonchev–Trinajstić information content (AvgIpc) is 2.26. The number of primary amides is 1. The van der Waals surface area contributed by atoms with Gasteiger partial charge in [-0.25, -0.2) is 0 Å². The van der Waals surface area contributed by atoms with Crippen LogP contribution in [0.4, 0.5) is 0 Å². The number of rotatable bonds is 3. The first-order chi connectivity index (χ1) is 7.49. The molecule has 1 saturated carbocycles. The van der Waals surface area contributed by atoms with Crippen molar-refractivity contribution in [3.05, 3.63) is 10.1 Å². The number of ether oxygens (including phenoxy) is 1. The van der Waals surface area contributed by atoms with Crippen molar-refractivity contribution in [2.75, 3.05) is 7.11 Å². The summed E-state index contributed by atoms with van der Waals surface area (Å²) < 4.78 is 4.50. The van der Waals surface area contributed by atoms with Crippen molar-refractivity contribution in [2.45, 2.75) is 25.3 Å². The van der Waals surface area contributed by atoms with Gasteiger partial charge in [0.05, 0.1) is 13.0 Å². The Kier molecular flexibility index (Phi) is 3.81. The number of hydrogen-bond donors (Lipinski definition) is 1. The van der Waals surface area contributed by atoms with Crippen molar-refractivity contribution in [3.8, 4) is 0 Å². The van der Waals surface area contributed by atoms with Gasteiger partial charge in [0.15, 0.2) is 0 Å². The molecular weight excluding hydrogens is 216 g/mol. The van der Waals surface area contributed by atoms with E-state index in [4.69, 9.17) is 5.73 Å². The predicted molar refractivity (Wildman–Crippen MR) is 52.8 cm³/mol. The van der Waals surface area contributed by atoms with Gasteiger partial charge in [-0.3, -0.25) is 19.7 Å². The number of nitrogens with two attached hydrogens (primary N) is 1. The van der Waals surface area contributed by atoms with Crippen LogP contribution in [0.25, 0.3) is 0 Å². The average molecular weight is 230 g/mol. The molecule has 0 saturated heterocycles. The molecule has 1 rings (SSSR count). The van der Waals surface area contributed by atoms with E-state index in [1.54, 1.807) is 0 Å². The molecule has 1 aliphatic carbocycles. The lowest BCUT2D eigenvalue weighted by Gasteiger charge is -2.29. The summed E-state index contributed by atoms with van der Waals surface area (Å²) >= 11 is 0.